The van der Waals surface area contributed by atoms with Gasteiger partial charge in [-0.3, -0.25) is 0 Å². The van der Waals surface area contributed by atoms with Crippen LogP contribution in [-0.4, -0.2) is 0 Å². The van der Waals surface area contributed by atoms with Crippen LogP contribution < -0.4 is 0 Å². The van der Waals surface area contributed by atoms with Crippen molar-refractivity contribution in [2.45, 2.75) is 87.5 Å². The monoisotopic (exact) mass is 216 g/mol. The van der Waals surface area contributed by atoms with Gasteiger partial charge in [-0.15, -0.1) is 0 Å². The highest BCUT2D eigenvalue weighted by Crippen LogP contribution is 2.13. The van der Waals surface area contributed by atoms with Crippen LogP contribution in [0.4, 0.5) is 0 Å². The van der Waals surface area contributed by atoms with Crippen LogP contribution in [0.5, 0.6) is 0 Å². The molecule has 0 heteroatoms. The van der Waals surface area contributed by atoms with Gasteiger partial charge in [0, 0.05) is 0 Å². The maximum atomic E-state index is 2.32. The molecule has 96 valence electrons. The summed E-state index contributed by atoms with van der Waals surface area (Å²) in [6.07, 6.45) is 10.1. The summed E-state index contributed by atoms with van der Waals surface area (Å²) < 4.78 is 0. The van der Waals surface area contributed by atoms with Gasteiger partial charge in [0.25, 0.3) is 0 Å². The van der Waals surface area contributed by atoms with Crippen LogP contribution in [0.3, 0.4) is 0 Å². The SMILES string of the molecule is C.C.CC(C)CCCCCCCC(C)C. The van der Waals surface area contributed by atoms with Crippen molar-refractivity contribution in [2.24, 2.45) is 11.8 Å². The van der Waals surface area contributed by atoms with Crippen molar-refractivity contribution in [3.8, 4) is 0 Å². The Bertz CT molecular complexity index is 80.2. The summed E-state index contributed by atoms with van der Waals surface area (Å²) in [5.41, 5.74) is 0. The average molecular weight is 216 g/mol. The Hall–Kier alpha value is 0. The summed E-state index contributed by atoms with van der Waals surface area (Å²) >= 11 is 0. The van der Waals surface area contributed by atoms with Gasteiger partial charge in [-0.2, -0.15) is 0 Å². The van der Waals surface area contributed by atoms with Crippen molar-refractivity contribution in [2.75, 3.05) is 0 Å². The van der Waals surface area contributed by atoms with Gasteiger partial charge in [0.1, 0.15) is 0 Å². The molecule has 0 aromatic carbocycles. The lowest BCUT2D eigenvalue weighted by atomic mass is 10.0. The fraction of sp³-hybridized carbons (Fsp3) is 1.00. The van der Waals surface area contributed by atoms with E-state index >= 15 is 0 Å². The van der Waals surface area contributed by atoms with Gasteiger partial charge in [0.15, 0.2) is 0 Å². The van der Waals surface area contributed by atoms with E-state index in [1.165, 1.54) is 44.9 Å². The van der Waals surface area contributed by atoms with E-state index in [0.717, 1.165) is 11.8 Å². The summed E-state index contributed by atoms with van der Waals surface area (Å²) in [6, 6.07) is 0. The number of rotatable bonds is 8. The molecular formula is C15H36. The van der Waals surface area contributed by atoms with Crippen LogP contribution in [0.2, 0.25) is 0 Å². The van der Waals surface area contributed by atoms with Crippen molar-refractivity contribution < 1.29 is 0 Å². The first-order valence-electron chi connectivity index (χ1n) is 6.13. The second-order valence-electron chi connectivity index (χ2n) is 5.13. The highest BCUT2D eigenvalue weighted by atomic mass is 14.0. The topological polar surface area (TPSA) is 0 Å². The summed E-state index contributed by atoms with van der Waals surface area (Å²) in [7, 11) is 0. The maximum absolute atomic E-state index is 2.32. The first kappa shape index (κ1) is 20.4. The first-order valence-corrected chi connectivity index (χ1v) is 6.13. The van der Waals surface area contributed by atoms with Gasteiger partial charge in [-0.05, 0) is 11.8 Å². The minimum absolute atomic E-state index is 0. The van der Waals surface area contributed by atoms with Crippen molar-refractivity contribution in [1.82, 2.24) is 0 Å². The Balaban J connectivity index is -0.000000720. The quantitative estimate of drug-likeness (QED) is 0.418. The zero-order chi connectivity index (χ0) is 10.1. The third kappa shape index (κ3) is 20.2. The Morgan fingerprint density at radius 2 is 0.800 bits per heavy atom. The van der Waals surface area contributed by atoms with Crippen LogP contribution in [0, 0.1) is 11.8 Å². The van der Waals surface area contributed by atoms with Crippen molar-refractivity contribution in [3.63, 3.8) is 0 Å². The molecule has 0 saturated heterocycles. The van der Waals surface area contributed by atoms with Gasteiger partial charge < -0.3 is 0 Å². The molecule has 0 saturated carbocycles. The summed E-state index contributed by atoms with van der Waals surface area (Å²) in [4.78, 5) is 0. The molecular weight excluding hydrogens is 180 g/mol. The van der Waals surface area contributed by atoms with E-state index in [4.69, 9.17) is 0 Å². The van der Waals surface area contributed by atoms with E-state index in [1.54, 1.807) is 0 Å². The zero-order valence-electron chi connectivity index (χ0n) is 10.1. The van der Waals surface area contributed by atoms with Gasteiger partial charge in [0.2, 0.25) is 0 Å². The zero-order valence-corrected chi connectivity index (χ0v) is 10.1. The van der Waals surface area contributed by atoms with E-state index in [-0.39, 0.29) is 14.9 Å². The molecule has 15 heavy (non-hydrogen) atoms. The molecule has 0 spiro atoms. The molecule has 0 atom stereocenters. The van der Waals surface area contributed by atoms with Crippen LogP contribution in [-0.2, 0) is 0 Å². The van der Waals surface area contributed by atoms with E-state index in [2.05, 4.69) is 27.7 Å². The minimum Gasteiger partial charge on any atom is -0.0776 e. The third-order valence-corrected chi connectivity index (χ3v) is 2.56. The molecule has 0 heterocycles. The fourth-order valence-corrected chi connectivity index (χ4v) is 1.64. The van der Waals surface area contributed by atoms with Crippen molar-refractivity contribution in [1.29, 1.82) is 0 Å². The van der Waals surface area contributed by atoms with Crippen LogP contribution in [0.15, 0.2) is 0 Å². The van der Waals surface area contributed by atoms with Crippen molar-refractivity contribution >= 4 is 0 Å². The molecule has 0 amide bonds. The smallest absolute Gasteiger partial charge is 0.0471 e. The van der Waals surface area contributed by atoms with Crippen molar-refractivity contribution in [3.05, 3.63) is 0 Å². The number of unbranched alkanes of at least 4 members (excludes halogenated alkanes) is 4. The molecule has 0 bridgehead atoms. The number of hydrogen-bond acceptors (Lipinski definition) is 0. The molecule has 0 radical (unpaired) electrons. The second-order valence-corrected chi connectivity index (χ2v) is 5.13. The average Bonchev–Trinajstić information content (AvgIpc) is 2.01. The Morgan fingerprint density at radius 1 is 0.533 bits per heavy atom. The molecule has 0 aliphatic rings. The number of hydrogen-bond donors (Lipinski definition) is 0. The van der Waals surface area contributed by atoms with Gasteiger partial charge in [0.05, 0.1) is 0 Å². The van der Waals surface area contributed by atoms with E-state index in [9.17, 15) is 0 Å². The summed E-state index contributed by atoms with van der Waals surface area (Å²) in [6.45, 7) is 9.27. The lowest BCUT2D eigenvalue weighted by Crippen LogP contribution is -1.89. The molecule has 0 N–H and O–H groups in total. The molecule has 0 rings (SSSR count). The highest BCUT2D eigenvalue weighted by Gasteiger charge is 1.96. The minimum atomic E-state index is 0. The Kier molecular flexibility index (Phi) is 19.1. The molecule has 0 unspecified atom stereocenters. The van der Waals surface area contributed by atoms with E-state index in [1.807, 2.05) is 0 Å². The lowest BCUT2D eigenvalue weighted by molar-refractivity contribution is 0.489. The Labute approximate surface area is 99.9 Å². The standard InChI is InChI=1S/C13H28.2CH4/c1-12(2)10-8-6-5-7-9-11-13(3)4;;/h12-13H,5-11H2,1-4H3;2*1H4. The maximum Gasteiger partial charge on any atom is -0.0471 e. The largest absolute Gasteiger partial charge is 0.0776 e. The molecule has 0 aliphatic heterocycles. The van der Waals surface area contributed by atoms with Gasteiger partial charge >= 0.3 is 0 Å². The third-order valence-electron chi connectivity index (χ3n) is 2.56. The summed E-state index contributed by atoms with van der Waals surface area (Å²) in [5.74, 6) is 1.80. The molecule has 0 aliphatic carbocycles. The Morgan fingerprint density at radius 3 is 1.07 bits per heavy atom. The van der Waals surface area contributed by atoms with Crippen LogP contribution >= 0.6 is 0 Å². The molecule has 0 fully saturated rings. The van der Waals surface area contributed by atoms with Gasteiger partial charge in [-0.25, -0.2) is 0 Å². The van der Waals surface area contributed by atoms with Crippen LogP contribution in [0.25, 0.3) is 0 Å². The lowest BCUT2D eigenvalue weighted by Gasteiger charge is -2.05. The summed E-state index contributed by atoms with van der Waals surface area (Å²) in [5, 5.41) is 0. The molecule has 0 aromatic rings. The van der Waals surface area contributed by atoms with E-state index in [0.29, 0.717) is 0 Å². The second kappa shape index (κ2) is 14.0. The molecule has 0 nitrogen and oxygen atoms in total. The predicted octanol–water partition coefficient (Wildman–Crippen LogP) is 6.30. The predicted molar refractivity (Wildman–Crippen MR) is 75.5 cm³/mol. The molecule has 0 aromatic heterocycles. The van der Waals surface area contributed by atoms with Crippen LogP contribution in [0.1, 0.15) is 87.5 Å². The highest BCUT2D eigenvalue weighted by molar-refractivity contribution is 4.50. The van der Waals surface area contributed by atoms with Gasteiger partial charge in [-0.1, -0.05) is 87.5 Å². The first-order chi connectivity index (χ1) is 6.13. The van der Waals surface area contributed by atoms with E-state index < -0.39 is 0 Å². The normalized spacial score (nSPS) is 10.0. The fourth-order valence-electron chi connectivity index (χ4n) is 1.64.